The van der Waals surface area contributed by atoms with Crippen molar-refractivity contribution in [1.82, 2.24) is 0 Å². The van der Waals surface area contributed by atoms with Crippen molar-refractivity contribution in [3.63, 3.8) is 0 Å². The number of aliphatic carboxylic acids is 1. The summed E-state index contributed by atoms with van der Waals surface area (Å²) in [4.78, 5) is 11.0. The number of nitrogens with two attached hydrogens (primary N) is 1. The van der Waals surface area contributed by atoms with E-state index in [1.807, 2.05) is 22.6 Å². The topological polar surface area (TPSA) is 95.6 Å². The first-order valence-corrected chi connectivity index (χ1v) is 9.57. The molecule has 0 unspecified atom stereocenters. The van der Waals surface area contributed by atoms with Gasteiger partial charge in [0.25, 0.3) is 0 Å². The zero-order valence-electron chi connectivity index (χ0n) is 12.6. The Morgan fingerprint density at radius 3 is 2.33 bits per heavy atom. The Balaban J connectivity index is 0.00000288. The summed E-state index contributed by atoms with van der Waals surface area (Å²) in [5.41, 5.74) is 6.53. The van der Waals surface area contributed by atoms with Crippen LogP contribution in [-0.4, -0.2) is 14.6 Å². The fourth-order valence-corrected chi connectivity index (χ4v) is 3.19. The standard InChI is InChI=1S/C15H12I3NO4.Na/c16-10-6-13(11(17)5-12(10)20)23-9-3-1-8(2-4-9)7-15(18,19)14(21)22;/h1-6,20H,7,19H2,(H,21,22);/q;+1/p-1/t15-;/m0./s1. The van der Waals surface area contributed by atoms with Crippen LogP contribution < -0.4 is 45.1 Å². The van der Waals surface area contributed by atoms with Crippen molar-refractivity contribution >= 4 is 73.7 Å². The molecule has 1 atom stereocenters. The third-order valence-corrected chi connectivity index (χ3v) is 5.48. The molecule has 5 nitrogen and oxygen atoms in total. The predicted octanol–water partition coefficient (Wildman–Crippen LogP) is 0.483. The Labute approximate surface area is 202 Å². The fourth-order valence-electron chi connectivity index (χ4n) is 1.76. The van der Waals surface area contributed by atoms with Gasteiger partial charge in [-0.25, -0.2) is 4.79 Å². The molecule has 0 amide bonds. The number of carboxylic acids is 1. The number of ether oxygens (including phenoxy) is 1. The Bertz CT molecular complexity index is 738. The average Bonchev–Trinajstić information content (AvgIpc) is 2.46. The van der Waals surface area contributed by atoms with Crippen molar-refractivity contribution in [3.8, 4) is 17.2 Å². The summed E-state index contributed by atoms with van der Waals surface area (Å²) in [5, 5.41) is 20.6. The van der Waals surface area contributed by atoms with Gasteiger partial charge in [-0.2, -0.15) is 0 Å². The summed E-state index contributed by atoms with van der Waals surface area (Å²) in [6.45, 7) is 0. The van der Waals surface area contributed by atoms with E-state index in [1.54, 1.807) is 52.9 Å². The second-order valence-electron chi connectivity index (χ2n) is 4.80. The Hall–Kier alpha value is 0.660. The summed E-state index contributed by atoms with van der Waals surface area (Å²) >= 11 is 5.74. The molecule has 0 aliphatic rings. The molecule has 2 aromatic carbocycles. The fraction of sp³-hybridized carbons (Fsp3) is 0.133. The number of carbonyl (C=O) groups is 1. The van der Waals surface area contributed by atoms with Crippen LogP contribution in [0.5, 0.6) is 17.2 Å². The molecular weight excluding hydrogens is 662 g/mol. The van der Waals surface area contributed by atoms with Crippen LogP contribution in [0.2, 0.25) is 0 Å². The van der Waals surface area contributed by atoms with E-state index in [-0.39, 0.29) is 41.7 Å². The van der Waals surface area contributed by atoms with E-state index >= 15 is 0 Å². The molecule has 3 N–H and O–H groups in total. The number of benzene rings is 2. The van der Waals surface area contributed by atoms with E-state index in [1.165, 1.54) is 6.07 Å². The van der Waals surface area contributed by atoms with E-state index < -0.39 is 9.51 Å². The number of rotatable bonds is 5. The predicted molar refractivity (Wildman–Crippen MR) is 110 cm³/mol. The van der Waals surface area contributed by atoms with E-state index in [4.69, 9.17) is 15.6 Å². The number of alkyl halides is 1. The molecule has 0 aliphatic heterocycles. The minimum atomic E-state index is -1.34. The molecule has 24 heavy (non-hydrogen) atoms. The van der Waals surface area contributed by atoms with Crippen LogP contribution in [0.1, 0.15) is 5.56 Å². The first-order valence-electron chi connectivity index (χ1n) is 6.33. The smallest absolute Gasteiger partial charge is 0.872 e. The van der Waals surface area contributed by atoms with E-state index in [2.05, 4.69) is 22.6 Å². The molecule has 9 heteroatoms. The second kappa shape index (κ2) is 9.55. The molecule has 0 aromatic heterocycles. The monoisotopic (exact) mass is 673 g/mol. The van der Waals surface area contributed by atoms with Gasteiger partial charge in [-0.3, -0.25) is 0 Å². The number of hydrogen-bond acceptors (Lipinski definition) is 4. The SMILES string of the molecule is N[C@@](I)(Cc1ccc(Oc2cc(I)c([O-])cc2I)cc1)C(=O)O.[Na+]. The average molecular weight is 673 g/mol. The molecule has 122 valence electrons. The van der Waals surface area contributed by atoms with Gasteiger partial charge in [0.05, 0.1) is 3.57 Å². The van der Waals surface area contributed by atoms with Crippen molar-refractivity contribution in [1.29, 1.82) is 0 Å². The molecule has 0 radical (unpaired) electrons. The van der Waals surface area contributed by atoms with Crippen molar-refractivity contribution in [3.05, 3.63) is 49.1 Å². The Morgan fingerprint density at radius 1 is 1.21 bits per heavy atom. The van der Waals surface area contributed by atoms with Gasteiger partial charge >= 0.3 is 35.5 Å². The third-order valence-electron chi connectivity index (χ3n) is 2.95. The van der Waals surface area contributed by atoms with Crippen LogP contribution in [0.4, 0.5) is 0 Å². The largest absolute Gasteiger partial charge is 1.00 e. The van der Waals surface area contributed by atoms with Gasteiger partial charge in [0.1, 0.15) is 11.5 Å². The van der Waals surface area contributed by atoms with Crippen LogP contribution in [0.15, 0.2) is 36.4 Å². The molecule has 2 rings (SSSR count). The van der Waals surface area contributed by atoms with E-state index in [0.29, 0.717) is 15.1 Å². The first kappa shape index (κ1) is 22.7. The second-order valence-corrected chi connectivity index (χ2v) is 9.05. The Morgan fingerprint density at radius 2 is 1.79 bits per heavy atom. The van der Waals surface area contributed by atoms with Crippen molar-refractivity contribution in [2.75, 3.05) is 0 Å². The van der Waals surface area contributed by atoms with Crippen molar-refractivity contribution < 1.29 is 49.3 Å². The van der Waals surface area contributed by atoms with Gasteiger partial charge in [0, 0.05) is 9.99 Å². The van der Waals surface area contributed by atoms with Crippen molar-refractivity contribution in [2.45, 2.75) is 9.97 Å². The molecule has 0 saturated carbocycles. The first-order chi connectivity index (χ1) is 10.7. The summed E-state index contributed by atoms with van der Waals surface area (Å²) in [6, 6.07) is 10.3. The zero-order chi connectivity index (χ0) is 17.2. The van der Waals surface area contributed by atoms with Gasteiger partial charge in [-0.1, -0.05) is 23.9 Å². The molecule has 0 heterocycles. The maximum Gasteiger partial charge on any atom is 1.00 e. The summed E-state index contributed by atoms with van der Waals surface area (Å²) in [7, 11) is 0. The molecule has 0 fully saturated rings. The molecule has 0 spiro atoms. The number of halogens is 3. The summed E-state index contributed by atoms with van der Waals surface area (Å²) < 4.78 is 5.76. The minimum absolute atomic E-state index is 0. The maximum atomic E-state index is 11.5. The van der Waals surface area contributed by atoms with Crippen LogP contribution in [0.25, 0.3) is 0 Å². The normalized spacial score (nSPS) is 12.8. The van der Waals surface area contributed by atoms with Crippen LogP contribution >= 0.6 is 67.8 Å². The molecular formula is C15H11I3NNaO4. The third kappa shape index (κ3) is 6.13. The quantitative estimate of drug-likeness (QED) is 0.209. The zero-order valence-corrected chi connectivity index (χ0v) is 21.0. The Kier molecular flexibility index (Phi) is 9.04. The van der Waals surface area contributed by atoms with Gasteiger partial charge < -0.3 is 20.7 Å². The molecule has 0 aliphatic carbocycles. The molecule has 0 bridgehead atoms. The number of hydrogen-bond donors (Lipinski definition) is 2. The van der Waals surface area contributed by atoms with E-state index in [0.717, 1.165) is 9.13 Å². The van der Waals surface area contributed by atoms with Gasteiger partial charge in [-0.05, 0) is 91.5 Å². The van der Waals surface area contributed by atoms with Crippen LogP contribution in [-0.2, 0) is 11.2 Å². The van der Waals surface area contributed by atoms with Crippen molar-refractivity contribution in [2.24, 2.45) is 5.73 Å². The maximum absolute atomic E-state index is 11.5. The van der Waals surface area contributed by atoms with E-state index in [9.17, 15) is 9.90 Å². The van der Waals surface area contributed by atoms with Crippen LogP contribution in [0.3, 0.4) is 0 Å². The number of carboxylic acid groups (broad SMARTS) is 1. The summed E-state index contributed by atoms with van der Waals surface area (Å²) in [5.74, 6) is 0.121. The van der Waals surface area contributed by atoms with Gasteiger partial charge in [0.15, 0.2) is 3.55 Å². The van der Waals surface area contributed by atoms with Gasteiger partial charge in [-0.15, -0.1) is 0 Å². The summed E-state index contributed by atoms with van der Waals surface area (Å²) in [6.07, 6.45) is 0.212. The van der Waals surface area contributed by atoms with Gasteiger partial charge in [0.2, 0.25) is 0 Å². The molecule has 2 aromatic rings. The molecule has 0 saturated heterocycles. The minimum Gasteiger partial charge on any atom is -0.872 e. The van der Waals surface area contributed by atoms with Crippen LogP contribution in [0, 0.1) is 7.14 Å².